The van der Waals surface area contributed by atoms with Crippen LogP contribution < -0.4 is 10.9 Å². The summed E-state index contributed by atoms with van der Waals surface area (Å²) in [6, 6.07) is 0. The first-order valence-electron chi connectivity index (χ1n) is 11.9. The van der Waals surface area contributed by atoms with Gasteiger partial charge in [0.2, 0.25) is 0 Å². The largest absolute Gasteiger partial charge is 2.00 e. The minimum atomic E-state index is -0.0127. The minimum absolute atomic E-state index is 0. The average Bonchev–Trinajstić information content (AvgIpc) is 2.88. The van der Waals surface area contributed by atoms with Gasteiger partial charge < -0.3 is 21.7 Å². The van der Waals surface area contributed by atoms with E-state index in [2.05, 4.69) is 46.1 Å². The molecule has 0 atom stereocenters. The Kier molecular flexibility index (Phi) is 21.6. The van der Waals surface area contributed by atoms with Gasteiger partial charge in [0.1, 0.15) is 0 Å². The van der Waals surface area contributed by atoms with Gasteiger partial charge in [-0.05, 0) is 38.2 Å². The normalized spacial score (nSPS) is 16.3. The SMILES string of the molecule is CCN(CC)C(=[SH+])[N-]NC(C)=C1C=CC=CC1=O.CCN(CC)C(=[SH+])[N-]NC(C)=C1C=CC=CC1=O.[Cu+2].[Cu]. The predicted molar refractivity (Wildman–Crippen MR) is 158 cm³/mol. The van der Waals surface area contributed by atoms with Crippen molar-refractivity contribution in [2.45, 2.75) is 41.5 Å². The molecule has 0 aliphatic heterocycles. The number of hydrogen-bond donors (Lipinski definition) is 2. The molecule has 0 saturated heterocycles. The van der Waals surface area contributed by atoms with Crippen LogP contribution in [0.5, 0.6) is 0 Å². The number of ketones is 2. The monoisotopic (exact) mass is 656 g/mol. The van der Waals surface area contributed by atoms with E-state index in [0.717, 1.165) is 37.6 Å². The molecule has 2 aliphatic rings. The number of nitrogens with zero attached hydrogens (tertiary/aromatic N) is 4. The Balaban J connectivity index is 0. The summed E-state index contributed by atoms with van der Waals surface area (Å²) in [5.74, 6) is -0.0255. The van der Waals surface area contributed by atoms with Crippen LogP contribution in [0.15, 0.2) is 71.1 Å². The predicted octanol–water partition coefficient (Wildman–Crippen LogP) is 3.08. The molecule has 0 spiro atoms. The van der Waals surface area contributed by atoms with E-state index in [4.69, 9.17) is 0 Å². The fraction of sp³-hybridized carbons (Fsp3) is 0.385. The van der Waals surface area contributed by atoms with E-state index in [1.165, 1.54) is 12.2 Å². The smallest absolute Gasteiger partial charge is 0.480 e. The summed E-state index contributed by atoms with van der Waals surface area (Å²) in [6.45, 7) is 15.2. The van der Waals surface area contributed by atoms with Crippen LogP contribution in [0, 0.1) is 0 Å². The number of nitrogens with one attached hydrogen (secondary N) is 2. The molecule has 2 radical (unpaired) electrons. The van der Waals surface area contributed by atoms with E-state index in [-0.39, 0.29) is 45.7 Å². The number of hydrogen-bond acceptors (Lipinski definition) is 4. The molecule has 0 heterocycles. The number of thiol groups is 2. The molecule has 12 heteroatoms. The number of rotatable bonds is 8. The minimum Gasteiger partial charge on any atom is -0.480 e. The Morgan fingerprint density at radius 3 is 1.24 bits per heavy atom. The van der Waals surface area contributed by atoms with Gasteiger partial charge in [0.15, 0.2) is 46.2 Å². The summed E-state index contributed by atoms with van der Waals surface area (Å²) in [5, 5.41) is 1.23. The first kappa shape index (κ1) is 38.6. The molecule has 216 valence electrons. The Morgan fingerprint density at radius 2 is 0.974 bits per heavy atom. The van der Waals surface area contributed by atoms with Crippen molar-refractivity contribution in [1.29, 1.82) is 0 Å². The van der Waals surface area contributed by atoms with Gasteiger partial charge >= 0.3 is 17.1 Å². The van der Waals surface area contributed by atoms with Crippen LogP contribution in [0.3, 0.4) is 0 Å². The summed E-state index contributed by atoms with van der Waals surface area (Å²) in [5.41, 5.74) is 16.8. The van der Waals surface area contributed by atoms with Crippen LogP contribution in [0.25, 0.3) is 10.9 Å². The summed E-state index contributed by atoms with van der Waals surface area (Å²) in [6.07, 6.45) is 13.7. The van der Waals surface area contributed by atoms with Gasteiger partial charge in [0.25, 0.3) is 0 Å². The Morgan fingerprint density at radius 1 is 0.684 bits per heavy atom. The Hall–Kier alpha value is -1.56. The van der Waals surface area contributed by atoms with Gasteiger partial charge in [-0.2, -0.15) is 0 Å². The van der Waals surface area contributed by atoms with Crippen molar-refractivity contribution in [2.24, 2.45) is 0 Å². The van der Waals surface area contributed by atoms with Crippen molar-refractivity contribution in [2.75, 3.05) is 26.2 Å². The molecule has 0 fully saturated rings. The molecule has 2 rings (SSSR count). The number of carbonyl (C=O) groups is 2. The third kappa shape index (κ3) is 13.0. The van der Waals surface area contributed by atoms with Crippen molar-refractivity contribution in [1.82, 2.24) is 20.7 Å². The van der Waals surface area contributed by atoms with Crippen molar-refractivity contribution >= 4 is 46.2 Å². The van der Waals surface area contributed by atoms with Crippen LogP contribution in [-0.4, -0.2) is 57.8 Å². The Bertz CT molecular complexity index is 931. The first-order chi connectivity index (χ1) is 17.2. The van der Waals surface area contributed by atoms with Gasteiger partial charge in [-0.1, -0.05) is 52.0 Å². The third-order valence-corrected chi connectivity index (χ3v) is 6.09. The van der Waals surface area contributed by atoms with Crippen molar-refractivity contribution in [3.05, 3.63) is 82.0 Å². The zero-order chi connectivity index (χ0) is 27.1. The van der Waals surface area contributed by atoms with Gasteiger partial charge in [-0.3, -0.25) is 9.59 Å². The molecule has 2 N–H and O–H groups in total. The summed E-state index contributed by atoms with van der Waals surface area (Å²) in [4.78, 5) is 27.2. The second-order valence-electron chi connectivity index (χ2n) is 7.63. The summed E-state index contributed by atoms with van der Waals surface area (Å²) < 4.78 is 0. The molecule has 0 aromatic rings. The van der Waals surface area contributed by atoms with Gasteiger partial charge in [-0.25, -0.2) is 9.80 Å². The molecule has 8 nitrogen and oxygen atoms in total. The molecule has 38 heavy (non-hydrogen) atoms. The van der Waals surface area contributed by atoms with E-state index in [9.17, 15) is 9.59 Å². The fourth-order valence-electron chi connectivity index (χ4n) is 3.10. The maximum absolute atomic E-state index is 11.6. The summed E-state index contributed by atoms with van der Waals surface area (Å²) in [7, 11) is 0. The second-order valence-corrected chi connectivity index (χ2v) is 8.43. The van der Waals surface area contributed by atoms with E-state index < -0.39 is 0 Å². The summed E-state index contributed by atoms with van der Waals surface area (Å²) >= 11 is 8.64. The second kappa shape index (κ2) is 21.3. The molecular weight excluding hydrogens is 620 g/mol. The molecule has 0 saturated carbocycles. The fourth-order valence-corrected chi connectivity index (χ4v) is 3.76. The topological polar surface area (TPSA) is 92.9 Å². The van der Waals surface area contributed by atoms with Crippen LogP contribution in [0.2, 0.25) is 0 Å². The standard InChI is InChI=1S/2C13H19N3OS.2Cu/c2*1-4-16(5-2)13(18)15-14-10(3)11-8-6-7-9-12(11)17;;/h2*6-9H,4-5H2,1-3H3,(H2,14,15,17,18);;/q;;;+2. The van der Waals surface area contributed by atoms with Gasteiger partial charge in [0.05, 0.1) is 0 Å². The van der Waals surface area contributed by atoms with Crippen molar-refractivity contribution < 1.29 is 43.7 Å². The van der Waals surface area contributed by atoms with Crippen LogP contribution >= 0.6 is 0 Å². The van der Waals surface area contributed by atoms with E-state index in [1.807, 2.05) is 63.5 Å². The molecule has 0 amide bonds. The molecule has 0 unspecified atom stereocenters. The zero-order valence-corrected chi connectivity index (χ0v) is 26.2. The molecule has 2 aliphatic carbocycles. The number of carbonyl (C=O) groups excluding carboxylic acids is 2. The molecule has 0 aromatic heterocycles. The van der Waals surface area contributed by atoms with Crippen LogP contribution in [0.4, 0.5) is 0 Å². The zero-order valence-electron chi connectivity index (χ0n) is 22.6. The van der Waals surface area contributed by atoms with Crippen molar-refractivity contribution in [3.8, 4) is 0 Å². The quantitative estimate of drug-likeness (QED) is 0.104. The maximum atomic E-state index is 11.6. The van der Waals surface area contributed by atoms with Crippen LogP contribution in [-0.2, 0) is 68.2 Å². The molecule has 0 bridgehead atoms. The van der Waals surface area contributed by atoms with E-state index in [0.29, 0.717) is 21.4 Å². The first-order valence-corrected chi connectivity index (χ1v) is 12.8. The van der Waals surface area contributed by atoms with Gasteiger partial charge in [0, 0.05) is 65.8 Å². The molecule has 0 aromatic carbocycles. The Labute approximate surface area is 259 Å². The maximum Gasteiger partial charge on any atom is 2.00 e. The number of allylic oxidation sites excluding steroid dienone is 12. The van der Waals surface area contributed by atoms with E-state index >= 15 is 0 Å². The average molecular weight is 658 g/mol. The molecular formula is C26H38Cu2N6O2S2+2. The van der Waals surface area contributed by atoms with E-state index in [1.54, 1.807) is 24.3 Å². The third-order valence-electron chi connectivity index (χ3n) is 5.32. The van der Waals surface area contributed by atoms with Gasteiger partial charge in [-0.15, -0.1) is 0 Å². The van der Waals surface area contributed by atoms with Crippen molar-refractivity contribution in [3.63, 3.8) is 0 Å². The van der Waals surface area contributed by atoms with Crippen LogP contribution in [0.1, 0.15) is 41.5 Å².